The van der Waals surface area contributed by atoms with E-state index < -0.39 is 11.7 Å². The van der Waals surface area contributed by atoms with Crippen LogP contribution in [0.3, 0.4) is 0 Å². The van der Waals surface area contributed by atoms with Gasteiger partial charge in [-0.2, -0.15) is 4.98 Å². The number of nitrogens with two attached hydrogens (primary N) is 1. The van der Waals surface area contributed by atoms with E-state index in [1.165, 1.54) is 6.07 Å². The van der Waals surface area contributed by atoms with E-state index in [-0.39, 0.29) is 18.3 Å². The quantitative estimate of drug-likeness (QED) is 0.793. The lowest BCUT2D eigenvalue weighted by atomic mass is 10.2. The van der Waals surface area contributed by atoms with Crippen molar-refractivity contribution in [3.63, 3.8) is 0 Å². The van der Waals surface area contributed by atoms with Crippen LogP contribution in [0.5, 0.6) is 0 Å². The summed E-state index contributed by atoms with van der Waals surface area (Å²) >= 11 is 3.23. The van der Waals surface area contributed by atoms with Crippen LogP contribution in [0.4, 0.5) is 10.3 Å². The number of nitrogen functional groups attached to an aromatic ring is 1. The third-order valence-electron chi connectivity index (χ3n) is 2.16. The van der Waals surface area contributed by atoms with Gasteiger partial charge in [0.2, 0.25) is 11.8 Å². The van der Waals surface area contributed by atoms with Gasteiger partial charge in [-0.25, -0.2) is 4.39 Å². The van der Waals surface area contributed by atoms with Crippen molar-refractivity contribution in [2.45, 2.75) is 6.54 Å². The predicted molar refractivity (Wildman–Crippen MR) is 66.1 cm³/mol. The molecule has 18 heavy (non-hydrogen) atoms. The maximum Gasteiger partial charge on any atom is 0.288 e. The Balaban J connectivity index is 2.03. The third kappa shape index (κ3) is 2.83. The molecule has 0 aliphatic rings. The van der Waals surface area contributed by atoms with Crippen LogP contribution in [-0.4, -0.2) is 21.1 Å². The fourth-order valence-electron chi connectivity index (χ4n) is 1.31. The van der Waals surface area contributed by atoms with Gasteiger partial charge in [0.25, 0.3) is 5.91 Å². The van der Waals surface area contributed by atoms with Gasteiger partial charge in [-0.1, -0.05) is 15.9 Å². The van der Waals surface area contributed by atoms with Crippen LogP contribution < -0.4 is 11.1 Å². The summed E-state index contributed by atoms with van der Waals surface area (Å²) in [6.07, 6.45) is 0. The number of halogens is 2. The van der Waals surface area contributed by atoms with Crippen molar-refractivity contribution in [2.75, 3.05) is 5.73 Å². The van der Waals surface area contributed by atoms with Crippen LogP contribution in [0, 0.1) is 5.82 Å². The summed E-state index contributed by atoms with van der Waals surface area (Å²) in [5.41, 5.74) is 5.63. The molecule has 2 aromatic rings. The van der Waals surface area contributed by atoms with Crippen molar-refractivity contribution in [3.05, 3.63) is 39.9 Å². The summed E-state index contributed by atoms with van der Waals surface area (Å²) in [5, 5.41) is 8.40. The molecule has 2 rings (SSSR count). The SMILES string of the molecule is Nc1n[nH]c(C(=O)NCc2cc(Br)ccc2F)n1. The van der Waals surface area contributed by atoms with Gasteiger partial charge in [-0.05, 0) is 18.2 Å². The Morgan fingerprint density at radius 2 is 2.33 bits per heavy atom. The summed E-state index contributed by atoms with van der Waals surface area (Å²) in [6, 6.07) is 4.49. The number of carbonyl (C=O) groups excluding carboxylic acids is 1. The Morgan fingerprint density at radius 1 is 1.56 bits per heavy atom. The number of amides is 1. The molecule has 0 atom stereocenters. The third-order valence-corrected chi connectivity index (χ3v) is 2.66. The smallest absolute Gasteiger partial charge is 0.288 e. The van der Waals surface area contributed by atoms with Gasteiger partial charge in [-0.3, -0.25) is 9.89 Å². The zero-order valence-electron chi connectivity index (χ0n) is 9.08. The minimum Gasteiger partial charge on any atom is -0.366 e. The van der Waals surface area contributed by atoms with Gasteiger partial charge >= 0.3 is 0 Å². The lowest BCUT2D eigenvalue weighted by Crippen LogP contribution is -2.24. The highest BCUT2D eigenvalue weighted by atomic mass is 79.9. The number of nitrogens with zero attached hydrogens (tertiary/aromatic N) is 2. The Morgan fingerprint density at radius 3 is 3.00 bits per heavy atom. The molecule has 6 nitrogen and oxygen atoms in total. The van der Waals surface area contributed by atoms with E-state index in [9.17, 15) is 9.18 Å². The Labute approximate surface area is 110 Å². The second-order valence-electron chi connectivity index (χ2n) is 3.46. The van der Waals surface area contributed by atoms with Gasteiger partial charge < -0.3 is 11.1 Å². The molecule has 0 fully saturated rings. The number of benzene rings is 1. The first-order valence-corrected chi connectivity index (χ1v) is 5.75. The largest absolute Gasteiger partial charge is 0.366 e. The summed E-state index contributed by atoms with van der Waals surface area (Å²) in [5.74, 6) is -0.925. The number of aromatic nitrogens is 3. The minimum absolute atomic E-state index is 0.0112. The molecule has 0 unspecified atom stereocenters. The molecule has 1 aromatic carbocycles. The summed E-state index contributed by atoms with van der Waals surface area (Å²) in [7, 11) is 0. The first-order valence-electron chi connectivity index (χ1n) is 4.96. The molecule has 4 N–H and O–H groups in total. The molecule has 1 amide bonds. The average molecular weight is 314 g/mol. The van der Waals surface area contributed by atoms with Crippen molar-refractivity contribution in [1.29, 1.82) is 0 Å². The van der Waals surface area contributed by atoms with E-state index in [4.69, 9.17) is 5.73 Å². The van der Waals surface area contributed by atoms with Crippen LogP contribution in [0.1, 0.15) is 16.2 Å². The Hall–Kier alpha value is -1.96. The lowest BCUT2D eigenvalue weighted by molar-refractivity contribution is 0.0940. The maximum atomic E-state index is 13.4. The summed E-state index contributed by atoms with van der Waals surface area (Å²) in [6.45, 7) is 0.0463. The molecule has 0 saturated carbocycles. The van der Waals surface area contributed by atoms with Gasteiger partial charge in [0, 0.05) is 16.6 Å². The molecule has 94 valence electrons. The molecule has 0 radical (unpaired) electrons. The summed E-state index contributed by atoms with van der Waals surface area (Å²) < 4.78 is 14.1. The molecule has 1 aromatic heterocycles. The van der Waals surface area contributed by atoms with Gasteiger partial charge in [-0.15, -0.1) is 5.10 Å². The molecule has 0 saturated heterocycles. The van der Waals surface area contributed by atoms with Crippen molar-refractivity contribution in [2.24, 2.45) is 0 Å². The second-order valence-corrected chi connectivity index (χ2v) is 4.38. The number of hydrogen-bond acceptors (Lipinski definition) is 4. The predicted octanol–water partition coefficient (Wildman–Crippen LogP) is 1.22. The van der Waals surface area contributed by atoms with E-state index in [0.717, 1.165) is 4.47 Å². The lowest BCUT2D eigenvalue weighted by Gasteiger charge is -2.05. The van der Waals surface area contributed by atoms with Gasteiger partial charge in [0.05, 0.1) is 0 Å². The number of anilines is 1. The number of rotatable bonds is 3. The van der Waals surface area contributed by atoms with Crippen molar-refractivity contribution >= 4 is 27.8 Å². The van der Waals surface area contributed by atoms with Gasteiger partial charge in [0.1, 0.15) is 5.82 Å². The number of H-pyrrole nitrogens is 1. The first-order chi connectivity index (χ1) is 8.56. The molecule has 1 heterocycles. The number of aromatic amines is 1. The van der Waals surface area contributed by atoms with Crippen LogP contribution in [0.25, 0.3) is 0 Å². The van der Waals surface area contributed by atoms with Crippen LogP contribution in [0.15, 0.2) is 22.7 Å². The molecule has 0 aliphatic carbocycles. The normalized spacial score (nSPS) is 10.3. The van der Waals surface area contributed by atoms with E-state index in [0.29, 0.717) is 5.56 Å². The molecule has 0 bridgehead atoms. The molecular formula is C10H9BrFN5O. The fourth-order valence-corrected chi connectivity index (χ4v) is 1.72. The molecule has 8 heteroatoms. The second kappa shape index (κ2) is 5.13. The van der Waals surface area contributed by atoms with E-state index in [2.05, 4.69) is 36.4 Å². The number of hydrogen-bond donors (Lipinski definition) is 3. The maximum absolute atomic E-state index is 13.4. The first kappa shape index (κ1) is 12.5. The minimum atomic E-state index is -0.501. The highest BCUT2D eigenvalue weighted by Gasteiger charge is 2.11. The van der Waals surface area contributed by atoms with E-state index >= 15 is 0 Å². The number of nitrogens with one attached hydrogen (secondary N) is 2. The van der Waals surface area contributed by atoms with Crippen LogP contribution in [0.2, 0.25) is 0 Å². The standard InChI is InChI=1S/C10H9BrFN5O/c11-6-1-2-7(12)5(3-6)4-14-9(18)8-15-10(13)17-16-8/h1-3H,4H2,(H,14,18)(H3,13,15,16,17). The molecular weight excluding hydrogens is 305 g/mol. The Bertz CT molecular complexity index is 585. The topological polar surface area (TPSA) is 96.7 Å². The number of carbonyl (C=O) groups is 1. The highest BCUT2D eigenvalue weighted by Crippen LogP contribution is 2.15. The van der Waals surface area contributed by atoms with Gasteiger partial charge in [0.15, 0.2) is 0 Å². The summed E-state index contributed by atoms with van der Waals surface area (Å²) in [4.78, 5) is 15.3. The zero-order chi connectivity index (χ0) is 13.1. The van der Waals surface area contributed by atoms with Crippen molar-refractivity contribution in [3.8, 4) is 0 Å². The molecule has 0 spiro atoms. The van der Waals surface area contributed by atoms with Crippen LogP contribution >= 0.6 is 15.9 Å². The van der Waals surface area contributed by atoms with Crippen molar-refractivity contribution in [1.82, 2.24) is 20.5 Å². The van der Waals surface area contributed by atoms with Crippen LogP contribution in [-0.2, 0) is 6.54 Å². The van der Waals surface area contributed by atoms with E-state index in [1.807, 2.05) is 0 Å². The molecule has 0 aliphatic heterocycles. The fraction of sp³-hybridized carbons (Fsp3) is 0.100. The Kier molecular flexibility index (Phi) is 3.56. The zero-order valence-corrected chi connectivity index (χ0v) is 10.7. The van der Waals surface area contributed by atoms with Crippen molar-refractivity contribution < 1.29 is 9.18 Å². The van der Waals surface area contributed by atoms with E-state index in [1.54, 1.807) is 12.1 Å². The highest BCUT2D eigenvalue weighted by molar-refractivity contribution is 9.10. The monoisotopic (exact) mass is 313 g/mol. The average Bonchev–Trinajstić information content (AvgIpc) is 2.77.